The molecule has 1 aromatic heterocycles. The van der Waals surface area contributed by atoms with Crippen LogP contribution in [0.3, 0.4) is 0 Å². The van der Waals surface area contributed by atoms with E-state index in [-0.39, 0.29) is 11.8 Å². The van der Waals surface area contributed by atoms with E-state index in [0.29, 0.717) is 11.8 Å². The summed E-state index contributed by atoms with van der Waals surface area (Å²) in [4.78, 5) is 17.6. The molecule has 0 bridgehead atoms. The van der Waals surface area contributed by atoms with Crippen LogP contribution in [-0.2, 0) is 4.79 Å². The standard InChI is InChI=1S/C24H26N4O2/c1-15-3-5-19-6-8-21(17-9-11-25-12-10-17)27-28(19)24(29)14-20(15)18-4-7-22-23(13-18)30-16(2)26-22/h4-8,13-15,17,25H,3,9-12H2,1-2H3. The van der Waals surface area contributed by atoms with E-state index in [1.54, 1.807) is 11.1 Å². The zero-order chi connectivity index (χ0) is 20.7. The van der Waals surface area contributed by atoms with Crippen LogP contribution in [0.5, 0.6) is 0 Å². The number of carbonyl (C=O) groups excluding carboxylic acids is 1. The van der Waals surface area contributed by atoms with Crippen LogP contribution in [0, 0.1) is 18.8 Å². The summed E-state index contributed by atoms with van der Waals surface area (Å²) in [5.41, 5.74) is 5.44. The number of aryl methyl sites for hydroxylation is 1. The predicted octanol–water partition coefficient (Wildman–Crippen LogP) is 4.20. The summed E-state index contributed by atoms with van der Waals surface area (Å²) in [5.74, 6) is 1.15. The number of oxazole rings is 1. The van der Waals surface area contributed by atoms with Gasteiger partial charge in [-0.3, -0.25) is 4.79 Å². The maximum Gasteiger partial charge on any atom is 0.271 e. The number of nitrogens with one attached hydrogen (secondary N) is 1. The van der Waals surface area contributed by atoms with Gasteiger partial charge in [0, 0.05) is 18.9 Å². The number of piperidine rings is 1. The lowest BCUT2D eigenvalue weighted by atomic mass is 9.89. The van der Waals surface area contributed by atoms with Crippen LogP contribution >= 0.6 is 0 Å². The molecule has 1 aromatic carbocycles. The van der Waals surface area contributed by atoms with Crippen LogP contribution in [0.4, 0.5) is 0 Å². The third-order valence-electron chi connectivity index (χ3n) is 6.17. The molecule has 6 nitrogen and oxygen atoms in total. The molecule has 0 aliphatic carbocycles. The zero-order valence-corrected chi connectivity index (χ0v) is 17.4. The fraction of sp³-hybridized carbons (Fsp3) is 0.375. The van der Waals surface area contributed by atoms with Crippen LogP contribution < -0.4 is 5.32 Å². The number of hydrogen-bond acceptors (Lipinski definition) is 5. The van der Waals surface area contributed by atoms with Crippen LogP contribution in [0.2, 0.25) is 0 Å². The molecule has 3 aliphatic rings. The molecular weight excluding hydrogens is 376 g/mol. The van der Waals surface area contributed by atoms with Crippen molar-refractivity contribution in [2.75, 3.05) is 13.1 Å². The van der Waals surface area contributed by atoms with E-state index in [4.69, 9.17) is 9.52 Å². The minimum Gasteiger partial charge on any atom is -0.441 e. The lowest BCUT2D eigenvalue weighted by Crippen LogP contribution is -2.35. The topological polar surface area (TPSA) is 70.7 Å². The van der Waals surface area contributed by atoms with E-state index < -0.39 is 0 Å². The van der Waals surface area contributed by atoms with E-state index >= 15 is 0 Å². The first-order valence-corrected chi connectivity index (χ1v) is 10.7. The first-order valence-electron chi connectivity index (χ1n) is 10.7. The molecule has 3 aliphatic heterocycles. The lowest BCUT2D eigenvalue weighted by Gasteiger charge is -2.29. The molecule has 6 heteroatoms. The highest BCUT2D eigenvalue weighted by Gasteiger charge is 2.27. The van der Waals surface area contributed by atoms with Gasteiger partial charge in [-0.2, -0.15) is 10.1 Å². The average molecular weight is 402 g/mol. The van der Waals surface area contributed by atoms with Crippen molar-refractivity contribution in [2.45, 2.75) is 33.1 Å². The first kappa shape index (κ1) is 19.0. The van der Waals surface area contributed by atoms with Crippen LogP contribution in [0.15, 0.2) is 57.7 Å². The van der Waals surface area contributed by atoms with Crippen LogP contribution in [0.25, 0.3) is 16.7 Å². The second-order valence-electron chi connectivity index (χ2n) is 8.31. The zero-order valence-electron chi connectivity index (χ0n) is 17.4. The van der Waals surface area contributed by atoms with Gasteiger partial charge in [0.25, 0.3) is 5.91 Å². The molecule has 1 amide bonds. The highest BCUT2D eigenvalue weighted by molar-refractivity contribution is 6.03. The maximum absolute atomic E-state index is 13.2. The van der Waals surface area contributed by atoms with Gasteiger partial charge in [-0.15, -0.1) is 0 Å². The molecule has 1 unspecified atom stereocenters. The van der Waals surface area contributed by atoms with Crippen LogP contribution in [0.1, 0.15) is 37.6 Å². The van der Waals surface area contributed by atoms with Crippen molar-refractivity contribution < 1.29 is 9.21 Å². The summed E-state index contributed by atoms with van der Waals surface area (Å²) in [5, 5.41) is 9.72. The average Bonchev–Trinajstić information content (AvgIpc) is 3.14. The van der Waals surface area contributed by atoms with Crippen molar-refractivity contribution in [1.82, 2.24) is 15.3 Å². The quantitative estimate of drug-likeness (QED) is 0.817. The largest absolute Gasteiger partial charge is 0.441 e. The number of benzene rings is 1. The Labute approximate surface area is 176 Å². The van der Waals surface area contributed by atoms with Crippen molar-refractivity contribution in [3.63, 3.8) is 0 Å². The Hall–Kier alpha value is -2.99. The fourth-order valence-electron chi connectivity index (χ4n) is 4.46. The van der Waals surface area contributed by atoms with Crippen LogP contribution in [-0.4, -0.2) is 34.7 Å². The number of allylic oxidation sites excluding steroid dienone is 4. The SMILES string of the molecule is Cc1nc2ccc(C3=CC(=O)N4N=C(C5CCNCC5)C=CC4=CCC3C)cc2o1. The van der Waals surface area contributed by atoms with E-state index in [0.717, 1.165) is 66.0 Å². The Morgan fingerprint density at radius 3 is 2.87 bits per heavy atom. The second-order valence-corrected chi connectivity index (χ2v) is 8.31. The van der Waals surface area contributed by atoms with Crippen molar-refractivity contribution in [3.05, 3.63) is 59.7 Å². The van der Waals surface area contributed by atoms with Gasteiger partial charge in [-0.25, -0.2) is 4.98 Å². The number of carbonyl (C=O) groups is 1. The molecule has 1 fully saturated rings. The van der Waals surface area contributed by atoms with E-state index in [9.17, 15) is 4.79 Å². The highest BCUT2D eigenvalue weighted by atomic mass is 16.3. The molecule has 30 heavy (non-hydrogen) atoms. The Bertz CT molecular complexity index is 1120. The number of aromatic nitrogens is 1. The molecule has 154 valence electrons. The Morgan fingerprint density at radius 2 is 2.03 bits per heavy atom. The van der Waals surface area contributed by atoms with E-state index in [2.05, 4.69) is 29.4 Å². The van der Waals surface area contributed by atoms with Gasteiger partial charge in [-0.1, -0.05) is 19.1 Å². The van der Waals surface area contributed by atoms with Gasteiger partial charge in [0.05, 0.1) is 11.4 Å². The third-order valence-corrected chi connectivity index (χ3v) is 6.17. The van der Waals surface area contributed by atoms with E-state index in [1.807, 2.05) is 31.2 Å². The van der Waals surface area contributed by atoms with Crippen molar-refractivity contribution >= 4 is 28.3 Å². The van der Waals surface area contributed by atoms with Crippen molar-refractivity contribution in [2.24, 2.45) is 16.9 Å². The number of nitrogens with zero attached hydrogens (tertiary/aromatic N) is 3. The van der Waals surface area contributed by atoms with E-state index in [1.165, 1.54) is 0 Å². The second kappa shape index (κ2) is 7.69. The molecule has 4 heterocycles. The maximum atomic E-state index is 13.2. The number of rotatable bonds is 2. The molecule has 5 rings (SSSR count). The van der Waals surface area contributed by atoms with Gasteiger partial charge in [-0.05, 0) is 73.7 Å². The smallest absolute Gasteiger partial charge is 0.271 e. The molecule has 0 radical (unpaired) electrons. The molecule has 0 saturated carbocycles. The molecule has 1 N–H and O–H groups in total. The summed E-state index contributed by atoms with van der Waals surface area (Å²) in [6.45, 7) is 5.99. The molecule has 1 atom stereocenters. The van der Waals surface area contributed by atoms with Crippen molar-refractivity contribution in [3.8, 4) is 0 Å². The number of fused-ring (bicyclic) bond motifs is 2. The molecule has 1 saturated heterocycles. The number of amides is 1. The predicted molar refractivity (Wildman–Crippen MR) is 118 cm³/mol. The number of hydrazone groups is 1. The minimum atomic E-state index is -0.104. The normalized spacial score (nSPS) is 22.9. The summed E-state index contributed by atoms with van der Waals surface area (Å²) < 4.78 is 5.70. The lowest BCUT2D eigenvalue weighted by molar-refractivity contribution is -0.124. The third kappa shape index (κ3) is 3.52. The Morgan fingerprint density at radius 1 is 1.20 bits per heavy atom. The van der Waals surface area contributed by atoms with Gasteiger partial charge in [0.2, 0.25) is 0 Å². The highest BCUT2D eigenvalue weighted by Crippen LogP contribution is 2.33. The molecular formula is C24H26N4O2. The van der Waals surface area contributed by atoms with Crippen molar-refractivity contribution in [1.29, 1.82) is 0 Å². The monoisotopic (exact) mass is 402 g/mol. The van der Waals surface area contributed by atoms with Gasteiger partial charge >= 0.3 is 0 Å². The molecule has 0 spiro atoms. The fourth-order valence-corrected chi connectivity index (χ4v) is 4.46. The summed E-state index contributed by atoms with van der Waals surface area (Å²) in [6.07, 6.45) is 10.9. The summed E-state index contributed by atoms with van der Waals surface area (Å²) >= 11 is 0. The summed E-state index contributed by atoms with van der Waals surface area (Å²) in [6, 6.07) is 5.96. The minimum absolute atomic E-state index is 0.104. The number of hydrogen-bond donors (Lipinski definition) is 1. The summed E-state index contributed by atoms with van der Waals surface area (Å²) in [7, 11) is 0. The van der Waals surface area contributed by atoms with Gasteiger partial charge in [0.15, 0.2) is 11.5 Å². The Balaban J connectivity index is 1.49. The molecule has 2 aromatic rings. The Kier molecular flexibility index (Phi) is 4.87. The van der Waals surface area contributed by atoms with Gasteiger partial charge < -0.3 is 9.73 Å². The van der Waals surface area contributed by atoms with Gasteiger partial charge in [0.1, 0.15) is 5.52 Å². The first-order chi connectivity index (χ1) is 14.6.